The minimum atomic E-state index is -3.85. The molecule has 0 radical (unpaired) electrons. The summed E-state index contributed by atoms with van der Waals surface area (Å²) in [5.74, 6) is -0.389. The second kappa shape index (κ2) is 5.24. The fourth-order valence-electron chi connectivity index (χ4n) is 2.03. The van der Waals surface area contributed by atoms with Crippen LogP contribution in [0.15, 0.2) is 18.2 Å². The molecule has 1 amide bonds. The molecular weight excluding hydrogens is 312 g/mol. The summed E-state index contributed by atoms with van der Waals surface area (Å²) in [6.45, 7) is 4.61. The number of ether oxygens (including phenoxy) is 1. The van der Waals surface area contributed by atoms with Crippen molar-refractivity contribution in [3.8, 4) is 0 Å². The molecule has 22 heavy (non-hydrogen) atoms. The van der Waals surface area contributed by atoms with Gasteiger partial charge in [-0.2, -0.15) is 4.31 Å². The normalized spacial score (nSPS) is 16.8. The number of non-ortho nitro benzene ring substituents is 1. The molecule has 8 nitrogen and oxygen atoms in total. The molecule has 0 saturated heterocycles. The first kappa shape index (κ1) is 16.2. The Morgan fingerprint density at radius 1 is 1.32 bits per heavy atom. The van der Waals surface area contributed by atoms with E-state index in [1.165, 1.54) is 18.2 Å². The van der Waals surface area contributed by atoms with E-state index in [2.05, 4.69) is 0 Å². The van der Waals surface area contributed by atoms with Gasteiger partial charge in [0.1, 0.15) is 5.60 Å². The van der Waals surface area contributed by atoms with Gasteiger partial charge in [-0.3, -0.25) is 10.1 Å². The highest BCUT2D eigenvalue weighted by Gasteiger charge is 2.36. The molecule has 9 heteroatoms. The monoisotopic (exact) mass is 328 g/mol. The average molecular weight is 328 g/mol. The van der Waals surface area contributed by atoms with Gasteiger partial charge >= 0.3 is 6.09 Å². The molecule has 0 spiro atoms. The van der Waals surface area contributed by atoms with Crippen molar-refractivity contribution in [3.05, 3.63) is 39.4 Å². The van der Waals surface area contributed by atoms with E-state index in [0.717, 1.165) is 0 Å². The molecule has 0 aliphatic carbocycles. The molecule has 1 aliphatic heterocycles. The minimum absolute atomic E-state index is 0.151. The van der Waals surface area contributed by atoms with Crippen LogP contribution in [0.2, 0.25) is 0 Å². The number of rotatable bonds is 1. The number of benzene rings is 1. The zero-order valence-electron chi connectivity index (χ0n) is 12.4. The maximum Gasteiger partial charge on any atom is 0.424 e. The van der Waals surface area contributed by atoms with Gasteiger partial charge in [0, 0.05) is 12.1 Å². The predicted molar refractivity (Wildman–Crippen MR) is 77.5 cm³/mol. The zero-order chi connectivity index (χ0) is 16.7. The molecule has 1 aliphatic rings. The van der Waals surface area contributed by atoms with Gasteiger partial charge in [-0.05, 0) is 31.9 Å². The van der Waals surface area contributed by atoms with E-state index in [1.54, 1.807) is 20.8 Å². The SMILES string of the molecule is CC(C)(C)OC(=O)N1Cc2cc([N+](=O)[O-])ccc2CS1(=O)=O. The molecule has 1 aromatic carbocycles. The molecule has 0 bridgehead atoms. The van der Waals surface area contributed by atoms with Gasteiger partial charge in [0.2, 0.25) is 10.0 Å². The van der Waals surface area contributed by atoms with Crippen LogP contribution >= 0.6 is 0 Å². The Balaban J connectivity index is 2.37. The highest BCUT2D eigenvalue weighted by molar-refractivity contribution is 7.88. The molecule has 0 saturated carbocycles. The summed E-state index contributed by atoms with van der Waals surface area (Å²) in [7, 11) is -3.85. The third-order valence-corrected chi connectivity index (χ3v) is 4.61. The molecule has 0 atom stereocenters. The van der Waals surface area contributed by atoms with Gasteiger partial charge in [-0.25, -0.2) is 13.2 Å². The van der Waals surface area contributed by atoms with Crippen LogP contribution in [-0.4, -0.2) is 29.3 Å². The molecule has 1 aromatic rings. The van der Waals surface area contributed by atoms with Gasteiger partial charge in [-0.15, -0.1) is 0 Å². The Hall–Kier alpha value is -2.16. The Morgan fingerprint density at radius 3 is 2.50 bits per heavy atom. The Bertz CT molecular complexity index is 735. The van der Waals surface area contributed by atoms with Crippen molar-refractivity contribution in [1.29, 1.82) is 0 Å². The molecule has 0 N–H and O–H groups in total. The number of hydrogen-bond donors (Lipinski definition) is 0. The van der Waals surface area contributed by atoms with Crippen LogP contribution in [0.1, 0.15) is 31.9 Å². The molecule has 120 valence electrons. The molecule has 0 unspecified atom stereocenters. The lowest BCUT2D eigenvalue weighted by molar-refractivity contribution is -0.384. The average Bonchev–Trinajstić information content (AvgIpc) is 2.33. The highest BCUT2D eigenvalue weighted by Crippen LogP contribution is 2.29. The Labute approximate surface area is 127 Å². The maximum absolute atomic E-state index is 12.2. The summed E-state index contributed by atoms with van der Waals surface area (Å²) in [5.41, 5.74) is -0.113. The predicted octanol–water partition coefficient (Wildman–Crippen LogP) is 2.18. The summed E-state index contributed by atoms with van der Waals surface area (Å²) in [6, 6.07) is 3.93. The van der Waals surface area contributed by atoms with Crippen molar-refractivity contribution < 1.29 is 22.9 Å². The van der Waals surface area contributed by atoms with Crippen molar-refractivity contribution >= 4 is 21.8 Å². The first-order valence-corrected chi connectivity index (χ1v) is 8.10. The quantitative estimate of drug-likeness (QED) is 0.577. The van der Waals surface area contributed by atoms with Crippen LogP contribution in [0.3, 0.4) is 0 Å². The molecule has 0 fully saturated rings. The number of carbonyl (C=O) groups is 1. The number of sulfonamides is 1. The molecule has 0 aromatic heterocycles. The van der Waals surface area contributed by atoms with Crippen molar-refractivity contribution in [2.24, 2.45) is 0 Å². The van der Waals surface area contributed by atoms with Crippen molar-refractivity contribution in [1.82, 2.24) is 4.31 Å². The largest absolute Gasteiger partial charge is 0.443 e. The highest BCUT2D eigenvalue weighted by atomic mass is 32.2. The van der Waals surface area contributed by atoms with E-state index in [9.17, 15) is 23.3 Å². The van der Waals surface area contributed by atoms with E-state index in [0.29, 0.717) is 15.4 Å². The van der Waals surface area contributed by atoms with Gasteiger partial charge in [0.25, 0.3) is 5.69 Å². The molecule has 1 heterocycles. The van der Waals surface area contributed by atoms with Crippen molar-refractivity contribution in [2.45, 2.75) is 38.7 Å². The van der Waals surface area contributed by atoms with Gasteiger partial charge in [0.05, 0.1) is 17.2 Å². The van der Waals surface area contributed by atoms with E-state index < -0.39 is 26.6 Å². The lowest BCUT2D eigenvalue weighted by atomic mass is 10.1. The third-order valence-electron chi connectivity index (χ3n) is 2.99. The summed E-state index contributed by atoms with van der Waals surface area (Å²) in [4.78, 5) is 22.3. The van der Waals surface area contributed by atoms with Gasteiger partial charge in [0.15, 0.2) is 0 Å². The van der Waals surface area contributed by atoms with E-state index >= 15 is 0 Å². The number of carbonyl (C=O) groups excluding carboxylic acids is 1. The van der Waals surface area contributed by atoms with Crippen LogP contribution in [0.25, 0.3) is 0 Å². The topological polar surface area (TPSA) is 107 Å². The van der Waals surface area contributed by atoms with E-state index in [4.69, 9.17) is 4.74 Å². The zero-order valence-corrected chi connectivity index (χ0v) is 13.2. The summed E-state index contributed by atoms with van der Waals surface area (Å²) < 4.78 is 30.1. The number of fused-ring (bicyclic) bond motifs is 1. The van der Waals surface area contributed by atoms with Crippen LogP contribution < -0.4 is 0 Å². The Kier molecular flexibility index (Phi) is 3.86. The fourth-order valence-corrected chi connectivity index (χ4v) is 3.46. The summed E-state index contributed by atoms with van der Waals surface area (Å²) in [5, 5.41) is 10.8. The number of nitro groups is 1. The van der Waals surface area contributed by atoms with Gasteiger partial charge in [-0.1, -0.05) is 6.07 Å². The maximum atomic E-state index is 12.2. The van der Waals surface area contributed by atoms with E-state index in [-0.39, 0.29) is 18.0 Å². The summed E-state index contributed by atoms with van der Waals surface area (Å²) in [6.07, 6.45) is -0.982. The van der Waals surface area contributed by atoms with Crippen LogP contribution in [0, 0.1) is 10.1 Å². The van der Waals surface area contributed by atoms with Crippen molar-refractivity contribution in [2.75, 3.05) is 0 Å². The molecule has 2 rings (SSSR count). The first-order chi connectivity index (χ1) is 9.99. The fraction of sp³-hybridized carbons (Fsp3) is 0.462. The lowest BCUT2D eigenvalue weighted by Gasteiger charge is -2.30. The van der Waals surface area contributed by atoms with Crippen molar-refractivity contribution in [3.63, 3.8) is 0 Å². The summed E-state index contributed by atoms with van der Waals surface area (Å²) >= 11 is 0. The van der Waals surface area contributed by atoms with Gasteiger partial charge < -0.3 is 4.74 Å². The van der Waals surface area contributed by atoms with E-state index in [1.807, 2.05) is 0 Å². The molecular formula is C13H16N2O6S. The number of hydrogen-bond acceptors (Lipinski definition) is 6. The first-order valence-electron chi connectivity index (χ1n) is 6.49. The smallest absolute Gasteiger partial charge is 0.424 e. The second-order valence-corrected chi connectivity index (χ2v) is 7.85. The number of amides is 1. The number of nitro benzene ring substituents is 1. The lowest BCUT2D eigenvalue weighted by Crippen LogP contribution is -2.43. The standard InChI is InChI=1S/C13H16N2O6S/c1-13(2,3)21-12(16)14-7-10-6-11(15(17)18)5-4-9(10)8-22(14,19)20/h4-6H,7-8H2,1-3H3. The minimum Gasteiger partial charge on any atom is -0.443 e. The number of nitrogens with zero attached hydrogens (tertiary/aromatic N) is 2. The van der Waals surface area contributed by atoms with Crippen LogP contribution in [0.4, 0.5) is 10.5 Å². The third kappa shape index (κ3) is 3.35. The van der Waals surface area contributed by atoms with Crippen LogP contribution in [0.5, 0.6) is 0 Å². The Morgan fingerprint density at radius 2 is 1.95 bits per heavy atom. The second-order valence-electron chi connectivity index (χ2n) is 5.95. The van der Waals surface area contributed by atoms with Crippen LogP contribution in [-0.2, 0) is 27.1 Å².